The van der Waals surface area contributed by atoms with Crippen LogP contribution in [0.4, 0.5) is 0 Å². The number of hydrogen-bond donors (Lipinski definition) is 0. The number of hydrogen-bond acceptors (Lipinski definition) is 3. The lowest BCUT2D eigenvalue weighted by Gasteiger charge is -2.20. The normalized spacial score (nSPS) is 11.1. The molecule has 0 spiro atoms. The van der Waals surface area contributed by atoms with Gasteiger partial charge in [-0.05, 0) is 31.0 Å². The zero-order valence-electron chi connectivity index (χ0n) is 16.6. The van der Waals surface area contributed by atoms with Crippen LogP contribution in [0.1, 0.15) is 19.4 Å². The van der Waals surface area contributed by atoms with E-state index in [2.05, 4.69) is 5.10 Å². The highest BCUT2D eigenvalue weighted by Gasteiger charge is 2.18. The number of nitrogens with zero attached hydrogens (tertiary/aromatic N) is 3. The number of carbonyl (C=O) groups excluding carboxylic acids is 1. The SMILES string of the molecule is CCN(CC)C(=O)Cc1cc(-c2ccccc2)c(=O)n2ncc3ccccc3c12. The molecule has 0 bridgehead atoms. The number of amides is 1. The van der Waals surface area contributed by atoms with Crippen LogP contribution < -0.4 is 5.56 Å². The predicted molar refractivity (Wildman–Crippen MR) is 116 cm³/mol. The van der Waals surface area contributed by atoms with Gasteiger partial charge in [0.2, 0.25) is 5.91 Å². The van der Waals surface area contributed by atoms with E-state index >= 15 is 0 Å². The Bertz CT molecular complexity index is 1240. The summed E-state index contributed by atoms with van der Waals surface area (Å²) in [5.41, 5.74) is 2.69. The van der Waals surface area contributed by atoms with Crippen LogP contribution in [0.3, 0.4) is 0 Å². The predicted octanol–water partition coefficient (Wildman–Crippen LogP) is 3.93. The standard InChI is InChI=1S/C24H23N3O2/c1-3-26(4-2)22(28)15-19-14-21(17-10-6-5-7-11-17)24(29)27-23(19)20-13-9-8-12-18(20)16-25-27/h5-14,16H,3-4,15H2,1-2H3. The van der Waals surface area contributed by atoms with Crippen molar-refractivity contribution in [3.8, 4) is 11.1 Å². The summed E-state index contributed by atoms with van der Waals surface area (Å²) in [4.78, 5) is 28.0. The van der Waals surface area contributed by atoms with E-state index in [4.69, 9.17) is 0 Å². The van der Waals surface area contributed by atoms with Crippen LogP contribution in [-0.2, 0) is 11.2 Å². The van der Waals surface area contributed by atoms with Gasteiger partial charge in [-0.1, -0.05) is 54.6 Å². The van der Waals surface area contributed by atoms with E-state index in [-0.39, 0.29) is 17.9 Å². The van der Waals surface area contributed by atoms with E-state index in [0.717, 1.165) is 21.9 Å². The molecule has 0 aliphatic heterocycles. The van der Waals surface area contributed by atoms with Crippen molar-refractivity contribution in [1.29, 1.82) is 0 Å². The van der Waals surface area contributed by atoms with Crippen molar-refractivity contribution in [2.45, 2.75) is 20.3 Å². The highest BCUT2D eigenvalue weighted by Crippen LogP contribution is 2.25. The van der Waals surface area contributed by atoms with Crippen molar-refractivity contribution in [1.82, 2.24) is 14.5 Å². The monoisotopic (exact) mass is 385 g/mol. The third-order valence-electron chi connectivity index (χ3n) is 5.33. The van der Waals surface area contributed by atoms with E-state index < -0.39 is 0 Å². The maximum atomic E-state index is 13.3. The molecule has 2 aromatic carbocycles. The van der Waals surface area contributed by atoms with Gasteiger partial charge in [0.15, 0.2) is 0 Å². The van der Waals surface area contributed by atoms with E-state index in [1.165, 1.54) is 4.52 Å². The summed E-state index contributed by atoms with van der Waals surface area (Å²) in [5, 5.41) is 6.29. The quantitative estimate of drug-likeness (QED) is 0.489. The Morgan fingerprint density at radius 1 is 1.00 bits per heavy atom. The number of fused-ring (bicyclic) bond motifs is 3. The molecular weight excluding hydrogens is 362 g/mol. The molecule has 29 heavy (non-hydrogen) atoms. The van der Waals surface area contributed by atoms with E-state index in [1.54, 1.807) is 6.20 Å². The lowest BCUT2D eigenvalue weighted by atomic mass is 10.00. The molecular formula is C24H23N3O2. The zero-order chi connectivity index (χ0) is 20.4. The van der Waals surface area contributed by atoms with Gasteiger partial charge in [-0.2, -0.15) is 9.61 Å². The molecule has 4 aromatic rings. The summed E-state index contributed by atoms with van der Waals surface area (Å²) in [6.45, 7) is 5.26. The highest BCUT2D eigenvalue weighted by molar-refractivity contribution is 5.98. The Balaban J connectivity index is 2.02. The first-order chi connectivity index (χ1) is 14.1. The number of aromatic nitrogens is 2. The van der Waals surface area contributed by atoms with Crippen molar-refractivity contribution in [3.05, 3.63) is 82.8 Å². The van der Waals surface area contributed by atoms with Gasteiger partial charge in [0, 0.05) is 29.4 Å². The molecule has 2 heterocycles. The van der Waals surface area contributed by atoms with E-state index in [9.17, 15) is 9.59 Å². The Kier molecular flexibility index (Phi) is 5.12. The van der Waals surface area contributed by atoms with Gasteiger partial charge in [0.05, 0.1) is 18.1 Å². The van der Waals surface area contributed by atoms with Gasteiger partial charge in [-0.25, -0.2) is 0 Å². The second-order valence-electron chi connectivity index (χ2n) is 6.99. The first kappa shape index (κ1) is 18.9. The average molecular weight is 385 g/mol. The minimum atomic E-state index is -0.184. The van der Waals surface area contributed by atoms with Crippen LogP contribution in [0, 0.1) is 0 Å². The van der Waals surface area contributed by atoms with Crippen LogP contribution in [0.15, 0.2) is 71.7 Å². The van der Waals surface area contributed by atoms with Gasteiger partial charge >= 0.3 is 0 Å². The smallest absolute Gasteiger partial charge is 0.279 e. The number of likely N-dealkylation sites (N-methyl/N-ethyl adjacent to an activating group) is 1. The lowest BCUT2D eigenvalue weighted by molar-refractivity contribution is -0.130. The van der Waals surface area contributed by atoms with Crippen LogP contribution in [0.2, 0.25) is 0 Å². The lowest BCUT2D eigenvalue weighted by Crippen LogP contribution is -2.32. The molecule has 146 valence electrons. The summed E-state index contributed by atoms with van der Waals surface area (Å²) in [7, 11) is 0. The summed E-state index contributed by atoms with van der Waals surface area (Å²) >= 11 is 0. The summed E-state index contributed by atoms with van der Waals surface area (Å²) in [6, 6.07) is 19.2. The Hall–Kier alpha value is -3.47. The third-order valence-corrected chi connectivity index (χ3v) is 5.33. The topological polar surface area (TPSA) is 54.7 Å². The fourth-order valence-corrected chi connectivity index (χ4v) is 3.81. The number of pyridine rings is 1. The van der Waals surface area contributed by atoms with E-state index in [0.29, 0.717) is 24.2 Å². The maximum absolute atomic E-state index is 13.3. The summed E-state index contributed by atoms with van der Waals surface area (Å²) in [6.07, 6.45) is 1.93. The number of benzene rings is 2. The Morgan fingerprint density at radius 3 is 2.41 bits per heavy atom. The second kappa shape index (κ2) is 7.87. The second-order valence-corrected chi connectivity index (χ2v) is 6.99. The fraction of sp³-hybridized carbons (Fsp3) is 0.208. The van der Waals surface area contributed by atoms with Crippen molar-refractivity contribution in [2.24, 2.45) is 0 Å². The van der Waals surface area contributed by atoms with Gasteiger partial charge in [-0.15, -0.1) is 0 Å². The minimum Gasteiger partial charge on any atom is -0.343 e. The molecule has 4 rings (SSSR count). The zero-order valence-corrected chi connectivity index (χ0v) is 16.6. The molecule has 5 nitrogen and oxygen atoms in total. The molecule has 0 unspecified atom stereocenters. The molecule has 0 fully saturated rings. The largest absolute Gasteiger partial charge is 0.343 e. The van der Waals surface area contributed by atoms with Gasteiger partial charge < -0.3 is 4.90 Å². The van der Waals surface area contributed by atoms with Crippen LogP contribution in [-0.4, -0.2) is 33.5 Å². The molecule has 2 aromatic heterocycles. The van der Waals surface area contributed by atoms with Crippen LogP contribution in [0.25, 0.3) is 27.4 Å². The maximum Gasteiger partial charge on any atom is 0.279 e. The summed E-state index contributed by atoms with van der Waals surface area (Å²) in [5.74, 6) is 0.0440. The van der Waals surface area contributed by atoms with E-state index in [1.807, 2.05) is 79.4 Å². The molecule has 5 heteroatoms. The molecule has 0 saturated carbocycles. The van der Waals surface area contributed by atoms with Gasteiger partial charge in [-0.3, -0.25) is 9.59 Å². The molecule has 0 atom stereocenters. The molecule has 0 N–H and O–H groups in total. The van der Waals surface area contributed by atoms with Gasteiger partial charge in [0.25, 0.3) is 5.56 Å². The highest BCUT2D eigenvalue weighted by atomic mass is 16.2. The van der Waals surface area contributed by atoms with Crippen molar-refractivity contribution < 1.29 is 4.79 Å². The number of rotatable bonds is 5. The third kappa shape index (κ3) is 3.40. The van der Waals surface area contributed by atoms with Crippen LogP contribution in [0.5, 0.6) is 0 Å². The molecule has 0 aliphatic rings. The van der Waals surface area contributed by atoms with Crippen molar-refractivity contribution in [3.63, 3.8) is 0 Å². The molecule has 0 saturated heterocycles. The molecule has 0 aliphatic carbocycles. The Morgan fingerprint density at radius 2 is 1.69 bits per heavy atom. The van der Waals surface area contributed by atoms with Crippen molar-refractivity contribution in [2.75, 3.05) is 13.1 Å². The summed E-state index contributed by atoms with van der Waals surface area (Å²) < 4.78 is 1.44. The van der Waals surface area contributed by atoms with Gasteiger partial charge in [0.1, 0.15) is 0 Å². The average Bonchev–Trinajstić information content (AvgIpc) is 2.76. The first-order valence-electron chi connectivity index (χ1n) is 9.90. The molecule has 0 radical (unpaired) electrons. The number of carbonyl (C=O) groups is 1. The fourth-order valence-electron chi connectivity index (χ4n) is 3.81. The molecule has 1 amide bonds. The minimum absolute atomic E-state index is 0.0440. The van der Waals surface area contributed by atoms with Crippen molar-refractivity contribution >= 4 is 22.2 Å². The first-order valence-corrected chi connectivity index (χ1v) is 9.90. The van der Waals surface area contributed by atoms with Crippen LogP contribution >= 0.6 is 0 Å². The Labute approximate surface area is 169 Å².